The minimum absolute atomic E-state index is 0.437. The van der Waals surface area contributed by atoms with Gasteiger partial charge in [-0.25, -0.2) is 4.98 Å². The Hall–Kier alpha value is -1.64. The van der Waals surface area contributed by atoms with E-state index in [0.717, 1.165) is 37.6 Å². The molecule has 0 bridgehead atoms. The molecule has 3 heteroatoms. The minimum Gasteiger partial charge on any atom is -0.334 e. The van der Waals surface area contributed by atoms with Gasteiger partial charge in [0.2, 0.25) is 0 Å². The Labute approximate surface area is 107 Å². The summed E-state index contributed by atoms with van der Waals surface area (Å²) in [4.78, 5) is 15.6. The molecule has 1 aromatic carbocycles. The highest BCUT2D eigenvalue weighted by Gasteiger charge is 2.19. The molecule has 0 atom stereocenters. The molecule has 0 N–H and O–H groups in total. The van der Waals surface area contributed by atoms with Crippen molar-refractivity contribution in [2.24, 2.45) is 13.0 Å². The molecule has 0 aliphatic heterocycles. The van der Waals surface area contributed by atoms with E-state index in [-0.39, 0.29) is 0 Å². The van der Waals surface area contributed by atoms with Gasteiger partial charge in [0.1, 0.15) is 5.78 Å². The van der Waals surface area contributed by atoms with E-state index in [9.17, 15) is 4.79 Å². The van der Waals surface area contributed by atoms with Gasteiger partial charge in [0.25, 0.3) is 0 Å². The molecule has 1 aliphatic carbocycles. The Morgan fingerprint density at radius 2 is 2.11 bits per heavy atom. The summed E-state index contributed by atoms with van der Waals surface area (Å²) in [7, 11) is 2.02. The normalized spacial score (nSPS) is 17.5. The first kappa shape index (κ1) is 11.5. The number of ketones is 1. The van der Waals surface area contributed by atoms with Gasteiger partial charge in [-0.05, 0) is 42.9 Å². The van der Waals surface area contributed by atoms with Crippen molar-refractivity contribution in [3.63, 3.8) is 0 Å². The fourth-order valence-electron chi connectivity index (χ4n) is 2.85. The number of fused-ring (bicyclic) bond motifs is 1. The summed E-state index contributed by atoms with van der Waals surface area (Å²) in [6.07, 6.45) is 6.60. The fraction of sp³-hybridized carbons (Fsp3) is 0.467. The standard InChI is InChI=1S/C15H18N2O/c1-17-10-16-14-9-12(4-7-15(14)17)8-11-2-5-13(18)6-3-11/h4,7,9-11H,2-3,5-6,8H2,1H3. The van der Waals surface area contributed by atoms with E-state index in [1.54, 1.807) is 0 Å². The molecule has 3 rings (SSSR count). The van der Waals surface area contributed by atoms with Crippen molar-refractivity contribution < 1.29 is 4.79 Å². The first-order valence-corrected chi connectivity index (χ1v) is 6.64. The number of Topliss-reactive ketones (excluding diaryl/α,β-unsaturated/α-hetero) is 1. The highest BCUT2D eigenvalue weighted by molar-refractivity contribution is 5.79. The van der Waals surface area contributed by atoms with Gasteiger partial charge < -0.3 is 4.57 Å². The van der Waals surface area contributed by atoms with Crippen LogP contribution in [0.5, 0.6) is 0 Å². The number of carbonyl (C=O) groups excluding carboxylic acids is 1. The number of rotatable bonds is 2. The van der Waals surface area contributed by atoms with E-state index < -0.39 is 0 Å². The van der Waals surface area contributed by atoms with Crippen molar-refractivity contribution in [2.45, 2.75) is 32.1 Å². The van der Waals surface area contributed by atoms with E-state index in [2.05, 4.69) is 23.2 Å². The van der Waals surface area contributed by atoms with Crippen LogP contribution in [0.15, 0.2) is 24.5 Å². The number of aromatic nitrogens is 2. The Morgan fingerprint density at radius 3 is 2.89 bits per heavy atom. The van der Waals surface area contributed by atoms with E-state index in [0.29, 0.717) is 11.7 Å². The third-order valence-corrected chi connectivity index (χ3v) is 3.98. The second kappa shape index (κ2) is 4.56. The van der Waals surface area contributed by atoms with Gasteiger partial charge >= 0.3 is 0 Å². The molecule has 1 heterocycles. The maximum atomic E-state index is 11.2. The van der Waals surface area contributed by atoms with Crippen LogP contribution in [0.1, 0.15) is 31.2 Å². The second-order valence-corrected chi connectivity index (χ2v) is 5.36. The van der Waals surface area contributed by atoms with Gasteiger partial charge in [0.05, 0.1) is 17.4 Å². The van der Waals surface area contributed by atoms with E-state index in [4.69, 9.17) is 0 Å². The Balaban J connectivity index is 1.76. The van der Waals surface area contributed by atoms with Gasteiger partial charge in [0, 0.05) is 19.9 Å². The second-order valence-electron chi connectivity index (χ2n) is 5.36. The Bertz CT molecular complexity index is 575. The quantitative estimate of drug-likeness (QED) is 0.811. The summed E-state index contributed by atoms with van der Waals surface area (Å²) in [5.41, 5.74) is 3.60. The zero-order valence-corrected chi connectivity index (χ0v) is 10.7. The number of benzene rings is 1. The van der Waals surface area contributed by atoms with Crippen molar-refractivity contribution in [2.75, 3.05) is 0 Å². The van der Waals surface area contributed by atoms with Crippen molar-refractivity contribution in [3.8, 4) is 0 Å². The third kappa shape index (κ3) is 2.17. The van der Waals surface area contributed by atoms with E-state index in [1.807, 2.05) is 17.9 Å². The molecule has 1 aromatic heterocycles. The maximum absolute atomic E-state index is 11.2. The van der Waals surface area contributed by atoms with Crippen LogP contribution in [-0.4, -0.2) is 15.3 Å². The summed E-state index contributed by atoms with van der Waals surface area (Å²) >= 11 is 0. The zero-order chi connectivity index (χ0) is 12.5. The fourth-order valence-corrected chi connectivity index (χ4v) is 2.85. The predicted molar refractivity (Wildman–Crippen MR) is 71.4 cm³/mol. The van der Waals surface area contributed by atoms with E-state index >= 15 is 0 Å². The van der Waals surface area contributed by atoms with Crippen LogP contribution in [0.25, 0.3) is 11.0 Å². The molecule has 0 amide bonds. The lowest BCUT2D eigenvalue weighted by molar-refractivity contribution is -0.121. The molecule has 0 radical (unpaired) electrons. The Morgan fingerprint density at radius 1 is 1.33 bits per heavy atom. The molecule has 18 heavy (non-hydrogen) atoms. The number of hydrogen-bond acceptors (Lipinski definition) is 2. The first-order chi connectivity index (χ1) is 8.72. The molecule has 1 saturated carbocycles. The minimum atomic E-state index is 0.437. The zero-order valence-electron chi connectivity index (χ0n) is 10.7. The third-order valence-electron chi connectivity index (χ3n) is 3.98. The molecule has 0 unspecified atom stereocenters. The molecular weight excluding hydrogens is 224 g/mol. The van der Waals surface area contributed by atoms with Crippen LogP contribution in [-0.2, 0) is 18.3 Å². The summed E-state index contributed by atoms with van der Waals surface area (Å²) in [6.45, 7) is 0. The van der Waals surface area contributed by atoms with Crippen molar-refractivity contribution in [1.82, 2.24) is 9.55 Å². The van der Waals surface area contributed by atoms with Crippen LogP contribution in [0.3, 0.4) is 0 Å². The lowest BCUT2D eigenvalue weighted by atomic mass is 9.84. The maximum Gasteiger partial charge on any atom is 0.132 e. The molecule has 3 nitrogen and oxygen atoms in total. The van der Waals surface area contributed by atoms with Crippen molar-refractivity contribution in [1.29, 1.82) is 0 Å². The number of imidazole rings is 1. The average Bonchev–Trinajstić information content (AvgIpc) is 2.74. The van der Waals surface area contributed by atoms with E-state index in [1.165, 1.54) is 11.1 Å². The van der Waals surface area contributed by atoms with Gasteiger partial charge in [0.15, 0.2) is 0 Å². The molecule has 1 fully saturated rings. The van der Waals surface area contributed by atoms with Crippen LogP contribution < -0.4 is 0 Å². The topological polar surface area (TPSA) is 34.9 Å². The lowest BCUT2D eigenvalue weighted by Gasteiger charge is -2.20. The van der Waals surface area contributed by atoms with Gasteiger partial charge in [-0.1, -0.05) is 6.07 Å². The predicted octanol–water partition coefficient (Wildman–Crippen LogP) is 2.88. The number of nitrogens with zero attached hydrogens (tertiary/aromatic N) is 2. The SMILES string of the molecule is Cn1cnc2cc(CC3CCC(=O)CC3)ccc21. The first-order valence-electron chi connectivity index (χ1n) is 6.64. The molecular formula is C15H18N2O. The van der Waals surface area contributed by atoms with Crippen LogP contribution in [0, 0.1) is 5.92 Å². The summed E-state index contributed by atoms with van der Waals surface area (Å²) in [5.74, 6) is 1.11. The average molecular weight is 242 g/mol. The van der Waals surface area contributed by atoms with Gasteiger partial charge in [-0.15, -0.1) is 0 Å². The lowest BCUT2D eigenvalue weighted by Crippen LogP contribution is -2.15. The molecule has 2 aromatic rings. The van der Waals surface area contributed by atoms with Crippen molar-refractivity contribution in [3.05, 3.63) is 30.1 Å². The Kier molecular flexibility index (Phi) is 2.90. The smallest absolute Gasteiger partial charge is 0.132 e. The van der Waals surface area contributed by atoms with Crippen molar-refractivity contribution >= 4 is 16.8 Å². The molecule has 0 saturated heterocycles. The highest BCUT2D eigenvalue weighted by Crippen LogP contribution is 2.26. The van der Waals surface area contributed by atoms with Crippen LogP contribution in [0.2, 0.25) is 0 Å². The highest BCUT2D eigenvalue weighted by atomic mass is 16.1. The monoisotopic (exact) mass is 242 g/mol. The molecule has 0 spiro atoms. The van der Waals surface area contributed by atoms with Gasteiger partial charge in [-0.2, -0.15) is 0 Å². The largest absolute Gasteiger partial charge is 0.334 e. The van der Waals surface area contributed by atoms with Crippen LogP contribution in [0.4, 0.5) is 0 Å². The molecule has 1 aliphatic rings. The van der Waals surface area contributed by atoms with Gasteiger partial charge in [-0.3, -0.25) is 4.79 Å². The summed E-state index contributed by atoms with van der Waals surface area (Å²) in [6, 6.07) is 6.53. The summed E-state index contributed by atoms with van der Waals surface area (Å²) in [5, 5.41) is 0. The molecule has 94 valence electrons. The number of hydrogen-bond donors (Lipinski definition) is 0. The number of carbonyl (C=O) groups is 1. The van der Waals surface area contributed by atoms with Crippen LogP contribution >= 0.6 is 0 Å². The summed E-state index contributed by atoms with van der Waals surface area (Å²) < 4.78 is 2.04. The number of aryl methyl sites for hydroxylation is 1.